The first-order valence-electron chi connectivity index (χ1n) is 10.9. The molecule has 0 bridgehead atoms. The van der Waals surface area contributed by atoms with E-state index in [0.29, 0.717) is 26.4 Å². The number of rotatable bonds is 10. The summed E-state index contributed by atoms with van der Waals surface area (Å²) in [5, 5.41) is 11.1. The van der Waals surface area contributed by atoms with Gasteiger partial charge in [-0.3, -0.25) is 0 Å². The Hall–Kier alpha value is -1.79. The van der Waals surface area contributed by atoms with Crippen molar-refractivity contribution in [3.05, 3.63) is 58.6 Å². The minimum atomic E-state index is -0.455. The molecule has 1 saturated heterocycles. The summed E-state index contributed by atoms with van der Waals surface area (Å²) >= 11 is 6.16. The van der Waals surface area contributed by atoms with Crippen molar-refractivity contribution >= 4 is 17.3 Å². The number of halogens is 1. The van der Waals surface area contributed by atoms with Crippen LogP contribution in [0.3, 0.4) is 0 Å². The molecule has 0 spiro atoms. The maximum absolute atomic E-state index is 10.3. The molecule has 164 valence electrons. The van der Waals surface area contributed by atoms with Crippen LogP contribution in [0.2, 0.25) is 5.02 Å². The molecule has 2 N–H and O–H groups in total. The summed E-state index contributed by atoms with van der Waals surface area (Å²) in [4.78, 5) is 3.80. The number of benzene rings is 2. The van der Waals surface area contributed by atoms with E-state index >= 15 is 0 Å². The molecule has 0 amide bonds. The number of ether oxygens (including phenoxy) is 2. The van der Waals surface area contributed by atoms with Gasteiger partial charge >= 0.3 is 0 Å². The van der Waals surface area contributed by atoms with Gasteiger partial charge in [0.05, 0.1) is 39.4 Å². The van der Waals surface area contributed by atoms with E-state index in [-0.39, 0.29) is 0 Å². The minimum Gasteiger partial charge on any atom is -0.491 e. The number of quaternary nitrogens is 1. The molecule has 0 saturated carbocycles. The van der Waals surface area contributed by atoms with Crippen LogP contribution in [0, 0.1) is 6.92 Å². The fourth-order valence-corrected chi connectivity index (χ4v) is 4.01. The second-order valence-electron chi connectivity index (χ2n) is 7.95. The third kappa shape index (κ3) is 6.88. The quantitative estimate of drug-likeness (QED) is 0.565. The Bertz CT molecular complexity index is 777. The highest BCUT2D eigenvalue weighted by atomic mass is 35.5. The van der Waals surface area contributed by atoms with Gasteiger partial charge in [0.15, 0.2) is 0 Å². The molecule has 0 unspecified atom stereocenters. The van der Waals surface area contributed by atoms with Gasteiger partial charge in [0, 0.05) is 10.7 Å². The number of aryl methyl sites for hydroxylation is 2. The summed E-state index contributed by atoms with van der Waals surface area (Å²) in [7, 11) is 0. The minimum absolute atomic E-state index is 0.346. The predicted octanol–water partition coefficient (Wildman–Crippen LogP) is 2.37. The number of hydrogen-bond acceptors (Lipinski definition) is 4. The Morgan fingerprint density at radius 3 is 2.53 bits per heavy atom. The lowest BCUT2D eigenvalue weighted by Gasteiger charge is -2.35. The Kier molecular flexibility index (Phi) is 8.82. The molecule has 0 aliphatic carbocycles. The Morgan fingerprint density at radius 1 is 1.10 bits per heavy atom. The average molecular weight is 434 g/mol. The van der Waals surface area contributed by atoms with Crippen LogP contribution < -0.4 is 14.5 Å². The van der Waals surface area contributed by atoms with Gasteiger partial charge in [-0.1, -0.05) is 36.7 Å². The standard InChI is InChI=1S/C24H33ClN2O3/c1-3-20-5-8-23(9-6-20)30-15-14-29-18-22(28)17-26-10-12-27(13-11-26)24-16-21(25)7-4-19(24)2/h4-9,16,22,28H,3,10-15,17-18H2,1-2H3/p+1/t22-/m0/s1. The summed E-state index contributed by atoms with van der Waals surface area (Å²) in [5.74, 6) is 0.855. The number of aliphatic hydroxyl groups is 1. The zero-order valence-corrected chi connectivity index (χ0v) is 18.8. The van der Waals surface area contributed by atoms with Gasteiger partial charge in [-0.25, -0.2) is 0 Å². The molecule has 1 aliphatic rings. The fraction of sp³-hybridized carbons (Fsp3) is 0.500. The number of anilines is 1. The Labute approximate surface area is 185 Å². The highest BCUT2D eigenvalue weighted by molar-refractivity contribution is 6.30. The van der Waals surface area contributed by atoms with Crippen molar-refractivity contribution in [2.24, 2.45) is 0 Å². The molecule has 1 fully saturated rings. The summed E-state index contributed by atoms with van der Waals surface area (Å²) in [6.45, 7) is 10.2. The first kappa shape index (κ1) is 22.9. The van der Waals surface area contributed by atoms with E-state index in [2.05, 4.69) is 36.9 Å². The van der Waals surface area contributed by atoms with Crippen LogP contribution in [-0.2, 0) is 11.2 Å². The smallest absolute Gasteiger partial charge is 0.126 e. The molecule has 0 radical (unpaired) electrons. The zero-order valence-electron chi connectivity index (χ0n) is 18.1. The largest absolute Gasteiger partial charge is 0.491 e. The molecule has 1 heterocycles. The first-order chi connectivity index (χ1) is 14.5. The van der Waals surface area contributed by atoms with E-state index in [4.69, 9.17) is 21.1 Å². The lowest BCUT2D eigenvalue weighted by molar-refractivity contribution is -0.903. The van der Waals surface area contributed by atoms with E-state index in [1.165, 1.54) is 21.7 Å². The van der Waals surface area contributed by atoms with Crippen LogP contribution >= 0.6 is 11.6 Å². The lowest BCUT2D eigenvalue weighted by Crippen LogP contribution is -3.16. The first-order valence-corrected chi connectivity index (χ1v) is 11.2. The van der Waals surface area contributed by atoms with Gasteiger partial charge in [-0.05, 0) is 48.7 Å². The number of aliphatic hydroxyl groups excluding tert-OH is 1. The van der Waals surface area contributed by atoms with E-state index in [9.17, 15) is 5.11 Å². The van der Waals surface area contributed by atoms with Gasteiger partial charge in [-0.15, -0.1) is 0 Å². The third-order valence-corrected chi connectivity index (χ3v) is 5.88. The van der Waals surface area contributed by atoms with Crippen molar-refractivity contribution in [3.8, 4) is 5.75 Å². The van der Waals surface area contributed by atoms with Gasteiger partial charge in [0.1, 0.15) is 25.0 Å². The molecular weight excluding hydrogens is 400 g/mol. The maximum atomic E-state index is 10.3. The number of nitrogens with zero attached hydrogens (tertiary/aromatic N) is 1. The molecule has 5 nitrogen and oxygen atoms in total. The van der Waals surface area contributed by atoms with Crippen molar-refractivity contribution in [2.45, 2.75) is 26.4 Å². The molecule has 1 aliphatic heterocycles. The average Bonchev–Trinajstić information content (AvgIpc) is 2.76. The molecule has 1 atom stereocenters. The fourth-order valence-electron chi connectivity index (χ4n) is 3.84. The highest BCUT2D eigenvalue weighted by Crippen LogP contribution is 2.24. The zero-order chi connectivity index (χ0) is 21.3. The van der Waals surface area contributed by atoms with Crippen LogP contribution in [-0.4, -0.2) is 63.8 Å². The Morgan fingerprint density at radius 2 is 1.83 bits per heavy atom. The van der Waals surface area contributed by atoms with Gasteiger partial charge in [-0.2, -0.15) is 0 Å². The molecule has 2 aromatic carbocycles. The van der Waals surface area contributed by atoms with Crippen LogP contribution in [0.1, 0.15) is 18.1 Å². The number of hydrogen-bond donors (Lipinski definition) is 2. The summed E-state index contributed by atoms with van der Waals surface area (Å²) in [6.07, 6.45) is 0.571. The van der Waals surface area contributed by atoms with E-state index in [1.807, 2.05) is 24.3 Å². The normalized spacial score (nSPS) is 15.9. The second-order valence-corrected chi connectivity index (χ2v) is 8.38. The van der Waals surface area contributed by atoms with E-state index in [0.717, 1.165) is 43.4 Å². The van der Waals surface area contributed by atoms with Crippen molar-refractivity contribution < 1.29 is 19.5 Å². The van der Waals surface area contributed by atoms with Crippen LogP contribution in [0.5, 0.6) is 5.75 Å². The summed E-state index contributed by atoms with van der Waals surface area (Å²) in [5.41, 5.74) is 3.77. The number of piperazine rings is 1. The van der Waals surface area contributed by atoms with Crippen LogP contribution in [0.25, 0.3) is 0 Å². The molecule has 6 heteroatoms. The maximum Gasteiger partial charge on any atom is 0.126 e. The SMILES string of the molecule is CCc1ccc(OCCOC[C@@H](O)C[NH+]2CCN(c3cc(Cl)ccc3C)CC2)cc1. The van der Waals surface area contributed by atoms with E-state index < -0.39 is 6.10 Å². The second kappa shape index (κ2) is 11.6. The molecule has 3 rings (SSSR count). The topological polar surface area (TPSA) is 46.4 Å². The van der Waals surface area contributed by atoms with Crippen molar-refractivity contribution in [3.63, 3.8) is 0 Å². The van der Waals surface area contributed by atoms with Crippen molar-refractivity contribution in [1.82, 2.24) is 0 Å². The Balaban J connectivity index is 1.30. The predicted molar refractivity (Wildman–Crippen MR) is 122 cm³/mol. The monoisotopic (exact) mass is 433 g/mol. The van der Waals surface area contributed by atoms with Gasteiger partial charge in [0.2, 0.25) is 0 Å². The summed E-state index contributed by atoms with van der Waals surface area (Å²) in [6, 6.07) is 14.2. The van der Waals surface area contributed by atoms with Crippen LogP contribution in [0.15, 0.2) is 42.5 Å². The molecule has 30 heavy (non-hydrogen) atoms. The molecular formula is C24H34ClN2O3+. The van der Waals surface area contributed by atoms with Crippen molar-refractivity contribution in [2.75, 3.05) is 57.4 Å². The molecule has 0 aromatic heterocycles. The van der Waals surface area contributed by atoms with Gasteiger partial charge in [0.25, 0.3) is 0 Å². The number of nitrogens with one attached hydrogen (secondary N) is 1. The van der Waals surface area contributed by atoms with Crippen LogP contribution in [0.4, 0.5) is 5.69 Å². The van der Waals surface area contributed by atoms with Gasteiger partial charge < -0.3 is 24.4 Å². The van der Waals surface area contributed by atoms with Crippen molar-refractivity contribution in [1.29, 1.82) is 0 Å². The third-order valence-electron chi connectivity index (χ3n) is 5.64. The highest BCUT2D eigenvalue weighted by Gasteiger charge is 2.23. The summed E-state index contributed by atoms with van der Waals surface area (Å²) < 4.78 is 11.3. The lowest BCUT2D eigenvalue weighted by atomic mass is 10.1. The van der Waals surface area contributed by atoms with E-state index in [1.54, 1.807) is 0 Å². The molecule has 2 aromatic rings.